The Morgan fingerprint density at radius 1 is 1.23 bits per heavy atom. The highest BCUT2D eigenvalue weighted by molar-refractivity contribution is 5.91. The maximum atomic E-state index is 14.0. The lowest BCUT2D eigenvalue weighted by Gasteiger charge is -2.24. The molecular formula is C22H24FNO2. The second-order valence-electron chi connectivity index (χ2n) is 6.69. The van der Waals surface area contributed by atoms with Gasteiger partial charge in [-0.15, -0.1) is 0 Å². The van der Waals surface area contributed by atoms with Crippen LogP contribution in [0.2, 0.25) is 0 Å². The predicted molar refractivity (Wildman–Crippen MR) is 101 cm³/mol. The molecule has 0 N–H and O–H groups in total. The molecule has 0 saturated carbocycles. The Morgan fingerprint density at radius 2 is 2.00 bits per heavy atom. The van der Waals surface area contributed by atoms with E-state index in [1.165, 1.54) is 11.6 Å². The molecule has 1 unspecified atom stereocenters. The van der Waals surface area contributed by atoms with Crippen molar-refractivity contribution < 1.29 is 13.9 Å². The van der Waals surface area contributed by atoms with E-state index in [1.54, 1.807) is 35.3 Å². The van der Waals surface area contributed by atoms with Crippen molar-refractivity contribution in [3.8, 4) is 0 Å². The molecule has 0 bridgehead atoms. The second-order valence-corrected chi connectivity index (χ2v) is 6.69. The summed E-state index contributed by atoms with van der Waals surface area (Å²) in [5.41, 5.74) is 2.66. The number of ether oxygens (including phenoxy) is 1. The van der Waals surface area contributed by atoms with Crippen LogP contribution in [0.1, 0.15) is 29.5 Å². The van der Waals surface area contributed by atoms with Crippen LogP contribution >= 0.6 is 0 Å². The van der Waals surface area contributed by atoms with E-state index in [0.717, 1.165) is 25.0 Å². The Balaban J connectivity index is 1.73. The van der Waals surface area contributed by atoms with E-state index in [1.807, 2.05) is 31.2 Å². The molecule has 4 heteroatoms. The fraction of sp³-hybridized carbons (Fsp3) is 0.318. The zero-order valence-electron chi connectivity index (χ0n) is 15.0. The van der Waals surface area contributed by atoms with Crippen LogP contribution in [-0.4, -0.2) is 30.1 Å². The molecule has 1 aliphatic heterocycles. The number of aryl methyl sites for hydroxylation is 1. The maximum Gasteiger partial charge on any atom is 0.246 e. The van der Waals surface area contributed by atoms with Gasteiger partial charge in [0.05, 0.1) is 6.10 Å². The summed E-state index contributed by atoms with van der Waals surface area (Å²) in [5, 5.41) is 0. The zero-order valence-corrected chi connectivity index (χ0v) is 15.0. The van der Waals surface area contributed by atoms with Gasteiger partial charge in [-0.1, -0.05) is 48.0 Å². The summed E-state index contributed by atoms with van der Waals surface area (Å²) in [6, 6.07) is 14.5. The fourth-order valence-corrected chi connectivity index (χ4v) is 3.05. The van der Waals surface area contributed by atoms with E-state index in [2.05, 4.69) is 0 Å². The first-order valence-electron chi connectivity index (χ1n) is 9.00. The first kappa shape index (κ1) is 18.3. The molecule has 1 aliphatic rings. The summed E-state index contributed by atoms with van der Waals surface area (Å²) >= 11 is 0. The third kappa shape index (κ3) is 5.02. The summed E-state index contributed by atoms with van der Waals surface area (Å²) in [6.45, 7) is 3.47. The summed E-state index contributed by atoms with van der Waals surface area (Å²) in [4.78, 5) is 14.4. The van der Waals surface area contributed by atoms with Crippen molar-refractivity contribution in [3.05, 3.63) is 77.1 Å². The number of carbonyl (C=O) groups is 1. The van der Waals surface area contributed by atoms with E-state index in [4.69, 9.17) is 4.74 Å². The van der Waals surface area contributed by atoms with Crippen LogP contribution in [0.15, 0.2) is 54.6 Å². The number of hydrogen-bond acceptors (Lipinski definition) is 2. The minimum absolute atomic E-state index is 0.0264. The molecule has 0 aromatic heterocycles. The predicted octanol–water partition coefficient (Wildman–Crippen LogP) is 4.36. The van der Waals surface area contributed by atoms with E-state index in [0.29, 0.717) is 12.1 Å². The molecule has 2 aromatic rings. The molecule has 3 nitrogen and oxygen atoms in total. The summed E-state index contributed by atoms with van der Waals surface area (Å²) in [5.74, 6) is -0.426. The number of nitrogens with zero attached hydrogens (tertiary/aromatic N) is 1. The Bertz CT molecular complexity index is 764. The van der Waals surface area contributed by atoms with Gasteiger partial charge in [0.25, 0.3) is 0 Å². The highest BCUT2D eigenvalue weighted by Gasteiger charge is 2.22. The minimum Gasteiger partial charge on any atom is -0.376 e. The molecule has 26 heavy (non-hydrogen) atoms. The van der Waals surface area contributed by atoms with Crippen molar-refractivity contribution in [2.24, 2.45) is 0 Å². The first-order valence-corrected chi connectivity index (χ1v) is 9.00. The molecule has 0 spiro atoms. The van der Waals surface area contributed by atoms with Gasteiger partial charge in [-0.25, -0.2) is 4.39 Å². The first-order chi connectivity index (χ1) is 12.6. The molecule has 1 atom stereocenters. The molecule has 3 rings (SSSR count). The van der Waals surface area contributed by atoms with E-state index < -0.39 is 0 Å². The van der Waals surface area contributed by atoms with Gasteiger partial charge in [0.1, 0.15) is 5.82 Å². The maximum absolute atomic E-state index is 14.0. The molecular weight excluding hydrogens is 329 g/mol. The summed E-state index contributed by atoms with van der Waals surface area (Å²) in [6.07, 6.45) is 5.32. The third-order valence-corrected chi connectivity index (χ3v) is 4.57. The summed E-state index contributed by atoms with van der Waals surface area (Å²) in [7, 11) is 0. The molecule has 0 aliphatic carbocycles. The Morgan fingerprint density at radius 3 is 2.69 bits per heavy atom. The van der Waals surface area contributed by atoms with Gasteiger partial charge in [0, 0.05) is 31.3 Å². The molecule has 0 radical (unpaired) electrons. The Kier molecular flexibility index (Phi) is 6.18. The van der Waals surface area contributed by atoms with Crippen LogP contribution in [0, 0.1) is 12.7 Å². The van der Waals surface area contributed by atoms with Crippen LogP contribution in [0.3, 0.4) is 0 Å². The van der Waals surface area contributed by atoms with E-state index in [-0.39, 0.29) is 24.4 Å². The average Bonchev–Trinajstić information content (AvgIpc) is 3.15. The summed E-state index contributed by atoms with van der Waals surface area (Å²) < 4.78 is 19.7. The van der Waals surface area contributed by atoms with Crippen LogP contribution in [-0.2, 0) is 16.1 Å². The molecule has 1 saturated heterocycles. The van der Waals surface area contributed by atoms with Crippen LogP contribution in [0.5, 0.6) is 0 Å². The van der Waals surface area contributed by atoms with Crippen molar-refractivity contribution >= 4 is 12.0 Å². The molecule has 2 aromatic carbocycles. The van der Waals surface area contributed by atoms with Gasteiger partial charge in [0.15, 0.2) is 0 Å². The standard InChI is InChI=1S/C22H24FNO2/c1-17-8-10-18(11-9-17)12-13-22(25)24(16-20-6-4-14-26-20)15-19-5-2-3-7-21(19)23/h2-3,5,7-13,20H,4,6,14-16H2,1H3/b13-12+. The number of rotatable bonds is 6. The van der Waals surface area contributed by atoms with Crippen molar-refractivity contribution in [2.75, 3.05) is 13.2 Å². The molecule has 1 amide bonds. The zero-order chi connectivity index (χ0) is 18.4. The Hall–Kier alpha value is -2.46. The quantitative estimate of drug-likeness (QED) is 0.723. The van der Waals surface area contributed by atoms with Gasteiger partial charge in [-0.2, -0.15) is 0 Å². The lowest BCUT2D eigenvalue weighted by molar-refractivity contribution is -0.128. The number of amides is 1. The number of halogens is 1. The van der Waals surface area contributed by atoms with Crippen molar-refractivity contribution in [2.45, 2.75) is 32.4 Å². The number of carbonyl (C=O) groups excluding carboxylic acids is 1. The molecule has 1 heterocycles. The van der Waals surface area contributed by atoms with Crippen molar-refractivity contribution in [1.82, 2.24) is 4.90 Å². The van der Waals surface area contributed by atoms with Gasteiger partial charge in [-0.05, 0) is 37.5 Å². The monoisotopic (exact) mass is 353 g/mol. The van der Waals surface area contributed by atoms with Crippen LogP contribution in [0.25, 0.3) is 6.08 Å². The smallest absolute Gasteiger partial charge is 0.246 e. The van der Waals surface area contributed by atoms with Crippen molar-refractivity contribution in [1.29, 1.82) is 0 Å². The number of benzene rings is 2. The van der Waals surface area contributed by atoms with Gasteiger partial charge in [0.2, 0.25) is 5.91 Å². The van der Waals surface area contributed by atoms with Gasteiger partial charge >= 0.3 is 0 Å². The highest BCUT2D eigenvalue weighted by atomic mass is 19.1. The molecule has 136 valence electrons. The third-order valence-electron chi connectivity index (χ3n) is 4.57. The molecule has 1 fully saturated rings. The fourth-order valence-electron chi connectivity index (χ4n) is 3.05. The van der Waals surface area contributed by atoms with Crippen LogP contribution in [0.4, 0.5) is 4.39 Å². The number of hydrogen-bond donors (Lipinski definition) is 0. The van der Waals surface area contributed by atoms with E-state index >= 15 is 0 Å². The van der Waals surface area contributed by atoms with Gasteiger partial charge < -0.3 is 9.64 Å². The second kappa shape index (κ2) is 8.77. The largest absolute Gasteiger partial charge is 0.376 e. The average molecular weight is 353 g/mol. The van der Waals surface area contributed by atoms with E-state index in [9.17, 15) is 9.18 Å². The van der Waals surface area contributed by atoms with Gasteiger partial charge in [-0.3, -0.25) is 4.79 Å². The lowest BCUT2D eigenvalue weighted by atomic mass is 10.1. The Labute approximate surface area is 154 Å². The lowest BCUT2D eigenvalue weighted by Crippen LogP contribution is -2.36. The van der Waals surface area contributed by atoms with Crippen LogP contribution < -0.4 is 0 Å². The topological polar surface area (TPSA) is 29.5 Å². The normalized spacial score (nSPS) is 16.9. The minimum atomic E-state index is -0.292. The highest BCUT2D eigenvalue weighted by Crippen LogP contribution is 2.17. The SMILES string of the molecule is Cc1ccc(/C=C/C(=O)N(Cc2ccccc2F)CC2CCCO2)cc1. The van der Waals surface area contributed by atoms with Crippen molar-refractivity contribution in [3.63, 3.8) is 0 Å².